The van der Waals surface area contributed by atoms with Gasteiger partial charge in [-0.3, -0.25) is 4.90 Å². The van der Waals surface area contributed by atoms with Gasteiger partial charge in [-0.05, 0) is 110 Å². The summed E-state index contributed by atoms with van der Waals surface area (Å²) < 4.78 is 18.1. The number of fused-ring (bicyclic) bond motifs is 1. The first-order valence-electron chi connectivity index (χ1n) is 13.0. The SMILES string of the molecule is COc1ccc2c(Oc3ccc(OCCN4CCCCC4)cc3)c(-c3ccc(SC)c(C)c3)ccc2c1. The molecule has 5 rings (SSSR count). The molecule has 1 fully saturated rings. The Morgan fingerprint density at radius 2 is 1.57 bits per heavy atom. The molecular weight excluding hydrogens is 478 g/mol. The van der Waals surface area contributed by atoms with Crippen molar-refractivity contribution in [2.45, 2.75) is 31.1 Å². The lowest BCUT2D eigenvalue weighted by molar-refractivity contribution is 0.183. The minimum absolute atomic E-state index is 0.709. The topological polar surface area (TPSA) is 30.9 Å². The number of thioether (sulfide) groups is 1. The fourth-order valence-corrected chi connectivity index (χ4v) is 5.57. The summed E-state index contributed by atoms with van der Waals surface area (Å²) in [6, 6.07) is 25.0. The zero-order valence-electron chi connectivity index (χ0n) is 22.0. The molecule has 0 unspecified atom stereocenters. The molecule has 1 aliphatic heterocycles. The van der Waals surface area contributed by atoms with Crippen molar-refractivity contribution >= 4 is 22.5 Å². The Hall–Kier alpha value is -3.15. The Labute approximate surface area is 224 Å². The number of nitrogens with zero attached hydrogens (tertiary/aromatic N) is 1. The maximum Gasteiger partial charge on any atom is 0.143 e. The molecule has 0 saturated carbocycles. The van der Waals surface area contributed by atoms with Crippen molar-refractivity contribution in [2.75, 3.05) is 39.6 Å². The van der Waals surface area contributed by atoms with E-state index < -0.39 is 0 Å². The van der Waals surface area contributed by atoms with Crippen LogP contribution >= 0.6 is 11.8 Å². The molecule has 0 spiro atoms. The van der Waals surface area contributed by atoms with Crippen LogP contribution in [0.5, 0.6) is 23.0 Å². The first-order valence-corrected chi connectivity index (χ1v) is 14.3. The third-order valence-electron chi connectivity index (χ3n) is 7.05. The van der Waals surface area contributed by atoms with Crippen LogP contribution in [-0.2, 0) is 0 Å². The summed E-state index contributed by atoms with van der Waals surface area (Å²) in [7, 11) is 1.69. The molecule has 0 bridgehead atoms. The number of ether oxygens (including phenoxy) is 3. The van der Waals surface area contributed by atoms with Gasteiger partial charge in [0.15, 0.2) is 0 Å². The second-order valence-electron chi connectivity index (χ2n) is 9.54. The Bertz CT molecular complexity index is 1350. The van der Waals surface area contributed by atoms with Crippen molar-refractivity contribution in [1.29, 1.82) is 0 Å². The van der Waals surface area contributed by atoms with Crippen LogP contribution in [0.1, 0.15) is 24.8 Å². The zero-order chi connectivity index (χ0) is 25.6. The quantitative estimate of drug-likeness (QED) is 0.211. The smallest absolute Gasteiger partial charge is 0.143 e. The predicted molar refractivity (Wildman–Crippen MR) is 155 cm³/mol. The summed E-state index contributed by atoms with van der Waals surface area (Å²) in [5.74, 6) is 3.33. The second kappa shape index (κ2) is 11.9. The van der Waals surface area contributed by atoms with E-state index in [1.807, 2.05) is 36.4 Å². The van der Waals surface area contributed by atoms with E-state index >= 15 is 0 Å². The number of likely N-dealkylation sites (tertiary alicyclic amines) is 1. The summed E-state index contributed by atoms with van der Waals surface area (Å²) >= 11 is 1.77. The van der Waals surface area contributed by atoms with Crippen molar-refractivity contribution in [3.8, 4) is 34.1 Å². The fourth-order valence-electron chi connectivity index (χ4n) is 4.99. The van der Waals surface area contributed by atoms with Crippen LogP contribution in [-0.4, -0.2) is 44.5 Å². The molecule has 0 aromatic heterocycles. The number of hydrogen-bond donors (Lipinski definition) is 0. The minimum atomic E-state index is 0.709. The maximum absolute atomic E-state index is 6.59. The van der Waals surface area contributed by atoms with E-state index in [1.165, 1.54) is 42.8 Å². The van der Waals surface area contributed by atoms with Gasteiger partial charge in [0.05, 0.1) is 7.11 Å². The molecule has 5 heteroatoms. The lowest BCUT2D eigenvalue weighted by Gasteiger charge is -2.26. The van der Waals surface area contributed by atoms with Crippen LogP contribution in [0.15, 0.2) is 77.7 Å². The van der Waals surface area contributed by atoms with Crippen molar-refractivity contribution in [3.63, 3.8) is 0 Å². The van der Waals surface area contributed by atoms with E-state index in [9.17, 15) is 0 Å². The van der Waals surface area contributed by atoms with Crippen molar-refractivity contribution in [2.24, 2.45) is 0 Å². The highest BCUT2D eigenvalue weighted by Gasteiger charge is 2.15. The van der Waals surface area contributed by atoms with Crippen LogP contribution in [0.3, 0.4) is 0 Å². The predicted octanol–water partition coefficient (Wildman–Crippen LogP) is 8.20. The van der Waals surface area contributed by atoms with Gasteiger partial charge in [-0.2, -0.15) is 0 Å². The van der Waals surface area contributed by atoms with Gasteiger partial charge in [0.2, 0.25) is 0 Å². The first kappa shape index (κ1) is 25.5. The summed E-state index contributed by atoms with van der Waals surface area (Å²) in [6.45, 7) is 6.23. The Morgan fingerprint density at radius 3 is 2.30 bits per heavy atom. The van der Waals surface area contributed by atoms with Gasteiger partial charge >= 0.3 is 0 Å². The minimum Gasteiger partial charge on any atom is -0.497 e. The summed E-state index contributed by atoms with van der Waals surface area (Å²) in [5.41, 5.74) is 3.47. The monoisotopic (exact) mass is 513 g/mol. The third-order valence-corrected chi connectivity index (χ3v) is 7.95. The zero-order valence-corrected chi connectivity index (χ0v) is 22.8. The van der Waals surface area contributed by atoms with E-state index in [1.54, 1.807) is 18.9 Å². The highest BCUT2D eigenvalue weighted by Crippen LogP contribution is 2.41. The molecule has 0 aliphatic carbocycles. The largest absolute Gasteiger partial charge is 0.497 e. The molecule has 4 aromatic rings. The van der Waals surface area contributed by atoms with Gasteiger partial charge in [0.1, 0.15) is 29.6 Å². The number of rotatable bonds is 9. The van der Waals surface area contributed by atoms with Crippen molar-refractivity contribution in [3.05, 3.63) is 78.4 Å². The highest BCUT2D eigenvalue weighted by atomic mass is 32.2. The van der Waals surface area contributed by atoms with E-state index in [0.29, 0.717) is 6.61 Å². The third kappa shape index (κ3) is 6.06. The number of aryl methyl sites for hydroxylation is 1. The Morgan fingerprint density at radius 1 is 0.811 bits per heavy atom. The van der Waals surface area contributed by atoms with E-state index in [-0.39, 0.29) is 0 Å². The van der Waals surface area contributed by atoms with Crippen LogP contribution in [0.4, 0.5) is 0 Å². The van der Waals surface area contributed by atoms with Crippen LogP contribution < -0.4 is 14.2 Å². The Kier molecular flexibility index (Phi) is 8.22. The van der Waals surface area contributed by atoms with Crippen LogP contribution in [0.2, 0.25) is 0 Å². The average molecular weight is 514 g/mol. The number of methoxy groups -OCH3 is 1. The van der Waals surface area contributed by atoms with Crippen LogP contribution in [0.25, 0.3) is 21.9 Å². The molecule has 4 aromatic carbocycles. The summed E-state index contributed by atoms with van der Waals surface area (Å²) in [4.78, 5) is 3.78. The van der Waals surface area contributed by atoms with Gasteiger partial charge in [0, 0.05) is 22.4 Å². The molecule has 1 heterocycles. The number of piperidine rings is 1. The first-order chi connectivity index (χ1) is 18.1. The lowest BCUT2D eigenvalue weighted by Crippen LogP contribution is -2.33. The molecular formula is C32H35NO3S. The molecule has 1 aliphatic rings. The van der Waals surface area contributed by atoms with Crippen molar-refractivity contribution in [1.82, 2.24) is 4.90 Å². The number of benzene rings is 4. The second-order valence-corrected chi connectivity index (χ2v) is 10.4. The molecule has 4 nitrogen and oxygen atoms in total. The van der Waals surface area contributed by atoms with Gasteiger partial charge < -0.3 is 14.2 Å². The standard InChI is InChI=1S/C32H35NO3S/c1-23-21-24(8-16-31(23)37-3)29-14-7-25-22-28(34-2)13-15-30(25)32(29)36-27-11-9-26(10-12-27)35-20-19-33-17-5-4-6-18-33/h7-16,21-22H,4-6,17-20H2,1-3H3. The van der Waals surface area contributed by atoms with Crippen molar-refractivity contribution < 1.29 is 14.2 Å². The van der Waals surface area contributed by atoms with E-state index in [4.69, 9.17) is 14.2 Å². The van der Waals surface area contributed by atoms with Gasteiger partial charge in [-0.25, -0.2) is 0 Å². The lowest BCUT2D eigenvalue weighted by atomic mass is 9.98. The fraction of sp³-hybridized carbons (Fsp3) is 0.312. The molecule has 192 valence electrons. The molecule has 0 radical (unpaired) electrons. The van der Waals surface area contributed by atoms with E-state index in [2.05, 4.69) is 54.5 Å². The molecule has 0 atom stereocenters. The maximum atomic E-state index is 6.59. The average Bonchev–Trinajstić information content (AvgIpc) is 2.94. The Balaban J connectivity index is 1.40. The van der Waals surface area contributed by atoms with Gasteiger partial charge in [-0.1, -0.05) is 24.6 Å². The molecule has 0 amide bonds. The van der Waals surface area contributed by atoms with Gasteiger partial charge in [-0.15, -0.1) is 11.8 Å². The van der Waals surface area contributed by atoms with E-state index in [0.717, 1.165) is 51.4 Å². The normalized spacial score (nSPS) is 14.0. The molecule has 1 saturated heterocycles. The van der Waals surface area contributed by atoms with Gasteiger partial charge in [0.25, 0.3) is 0 Å². The molecule has 37 heavy (non-hydrogen) atoms. The van der Waals surface area contributed by atoms with Crippen LogP contribution in [0, 0.1) is 6.92 Å². The highest BCUT2D eigenvalue weighted by molar-refractivity contribution is 7.98. The summed E-state index contributed by atoms with van der Waals surface area (Å²) in [6.07, 6.45) is 6.07. The number of hydrogen-bond acceptors (Lipinski definition) is 5. The summed E-state index contributed by atoms with van der Waals surface area (Å²) in [5, 5.41) is 2.12. The molecule has 0 N–H and O–H groups in total.